The third kappa shape index (κ3) is 3.62. The molecule has 2 rings (SSSR count). The van der Waals surface area contributed by atoms with Gasteiger partial charge in [-0.2, -0.15) is 0 Å². The number of rotatable bonds is 3. The van der Waals surface area contributed by atoms with Crippen LogP contribution in [0.2, 0.25) is 10.0 Å². The van der Waals surface area contributed by atoms with Crippen LogP contribution in [0.4, 0.5) is 5.69 Å². The average molecular weight is 331 g/mol. The Morgan fingerprint density at radius 1 is 1.48 bits per heavy atom. The highest BCUT2D eigenvalue weighted by Gasteiger charge is 2.36. The minimum Gasteiger partial charge on any atom is -0.396 e. The molecule has 0 saturated heterocycles. The Labute approximate surface area is 134 Å². The number of nitrogens with one attached hydrogen (secondary N) is 1. The molecular weight excluding hydrogens is 311 g/mol. The second kappa shape index (κ2) is 6.42. The number of benzene rings is 1. The van der Waals surface area contributed by atoms with Gasteiger partial charge in [-0.25, -0.2) is 0 Å². The Morgan fingerprint density at radius 3 is 2.62 bits per heavy atom. The van der Waals surface area contributed by atoms with Crippen LogP contribution in [0.25, 0.3) is 0 Å². The van der Waals surface area contributed by atoms with Crippen LogP contribution in [-0.2, 0) is 0 Å². The number of aliphatic hydroxyl groups is 1. The number of carbonyl (C=O) groups excluding carboxylic acids is 1. The van der Waals surface area contributed by atoms with E-state index in [1.54, 1.807) is 0 Å². The number of anilines is 1. The van der Waals surface area contributed by atoms with Crippen molar-refractivity contribution in [3.8, 4) is 0 Å². The number of carbonyl (C=O) groups is 1. The molecule has 1 amide bonds. The zero-order chi connectivity index (χ0) is 15.6. The first-order chi connectivity index (χ1) is 9.87. The molecule has 0 aromatic heterocycles. The van der Waals surface area contributed by atoms with Gasteiger partial charge in [-0.15, -0.1) is 0 Å². The maximum Gasteiger partial charge on any atom is 0.251 e. The van der Waals surface area contributed by atoms with Crippen molar-refractivity contribution < 1.29 is 9.90 Å². The molecule has 1 aliphatic carbocycles. The fourth-order valence-electron chi connectivity index (χ4n) is 2.99. The zero-order valence-corrected chi connectivity index (χ0v) is 13.5. The molecule has 1 aliphatic rings. The Hall–Kier alpha value is -0.970. The lowest BCUT2D eigenvalue weighted by Gasteiger charge is -2.39. The summed E-state index contributed by atoms with van der Waals surface area (Å²) in [7, 11) is 0. The highest BCUT2D eigenvalue weighted by molar-refractivity contribution is 6.39. The fraction of sp³-hybridized carbons (Fsp3) is 0.533. The number of nitrogen functional groups attached to an aromatic ring is 1. The summed E-state index contributed by atoms with van der Waals surface area (Å²) < 4.78 is 0. The summed E-state index contributed by atoms with van der Waals surface area (Å²) in [5, 5.41) is 13.2. The van der Waals surface area contributed by atoms with Crippen molar-refractivity contribution >= 4 is 34.8 Å². The summed E-state index contributed by atoms with van der Waals surface area (Å²) in [6.45, 7) is 2.06. The lowest BCUT2D eigenvalue weighted by Crippen LogP contribution is -2.53. The smallest absolute Gasteiger partial charge is 0.251 e. The van der Waals surface area contributed by atoms with Crippen LogP contribution >= 0.6 is 23.2 Å². The summed E-state index contributed by atoms with van der Waals surface area (Å²) in [6, 6.07) is 2.99. The van der Waals surface area contributed by atoms with Gasteiger partial charge in [0.15, 0.2) is 0 Å². The van der Waals surface area contributed by atoms with Crippen molar-refractivity contribution in [1.82, 2.24) is 5.32 Å². The predicted octanol–water partition coefficient (Wildman–Crippen LogP) is 3.25. The van der Waals surface area contributed by atoms with Gasteiger partial charge in [-0.05, 0) is 30.9 Å². The maximum absolute atomic E-state index is 12.4. The second-order valence-electron chi connectivity index (χ2n) is 5.95. The highest BCUT2D eigenvalue weighted by atomic mass is 35.5. The third-order valence-electron chi connectivity index (χ3n) is 4.11. The number of nitrogens with two attached hydrogens (primary N) is 1. The largest absolute Gasteiger partial charge is 0.396 e. The fourth-order valence-corrected chi connectivity index (χ4v) is 3.47. The lowest BCUT2D eigenvalue weighted by molar-refractivity contribution is 0.0697. The molecule has 0 bridgehead atoms. The van der Waals surface area contributed by atoms with Gasteiger partial charge >= 0.3 is 0 Å². The van der Waals surface area contributed by atoms with Gasteiger partial charge in [0.25, 0.3) is 5.91 Å². The monoisotopic (exact) mass is 330 g/mol. The van der Waals surface area contributed by atoms with Crippen LogP contribution in [-0.4, -0.2) is 23.2 Å². The molecule has 6 heteroatoms. The van der Waals surface area contributed by atoms with Crippen molar-refractivity contribution in [2.45, 2.75) is 38.1 Å². The predicted molar refractivity (Wildman–Crippen MR) is 85.8 cm³/mol. The second-order valence-corrected chi connectivity index (χ2v) is 6.76. The van der Waals surface area contributed by atoms with Gasteiger partial charge in [0.05, 0.1) is 27.9 Å². The van der Waals surface area contributed by atoms with E-state index in [1.807, 2.05) is 0 Å². The Bertz CT molecular complexity index is 527. The first kappa shape index (κ1) is 16.4. The maximum atomic E-state index is 12.4. The number of hydrogen-bond acceptors (Lipinski definition) is 3. The van der Waals surface area contributed by atoms with E-state index in [-0.39, 0.29) is 28.2 Å². The molecule has 2 unspecified atom stereocenters. The van der Waals surface area contributed by atoms with E-state index in [4.69, 9.17) is 28.9 Å². The van der Waals surface area contributed by atoms with Gasteiger partial charge in [0.1, 0.15) is 0 Å². The Balaban J connectivity index is 2.20. The van der Waals surface area contributed by atoms with Crippen molar-refractivity contribution in [2.24, 2.45) is 5.92 Å². The van der Waals surface area contributed by atoms with Gasteiger partial charge in [-0.1, -0.05) is 43.0 Å². The normalized spacial score (nSPS) is 25.6. The molecule has 21 heavy (non-hydrogen) atoms. The molecule has 0 radical (unpaired) electrons. The molecule has 116 valence electrons. The SMILES string of the molecule is CC1CCCC(CO)(NC(=O)c2cc(Cl)c(N)c(Cl)c2)C1. The van der Waals surface area contributed by atoms with Crippen LogP contribution in [0.5, 0.6) is 0 Å². The molecular formula is C15H20Cl2N2O2. The van der Waals surface area contributed by atoms with E-state index in [9.17, 15) is 9.90 Å². The number of aliphatic hydroxyl groups excluding tert-OH is 1. The minimum atomic E-state index is -0.560. The first-order valence-corrected chi connectivity index (χ1v) is 7.80. The van der Waals surface area contributed by atoms with E-state index >= 15 is 0 Å². The van der Waals surface area contributed by atoms with E-state index in [0.717, 1.165) is 25.7 Å². The van der Waals surface area contributed by atoms with Crippen LogP contribution in [0, 0.1) is 5.92 Å². The third-order valence-corrected chi connectivity index (χ3v) is 4.74. The van der Waals surface area contributed by atoms with Crippen LogP contribution in [0.15, 0.2) is 12.1 Å². The van der Waals surface area contributed by atoms with Crippen LogP contribution in [0.1, 0.15) is 43.0 Å². The van der Waals surface area contributed by atoms with Gasteiger partial charge in [0, 0.05) is 5.56 Å². The van der Waals surface area contributed by atoms with Crippen molar-refractivity contribution in [3.05, 3.63) is 27.7 Å². The standard InChI is InChI=1S/C15H20Cl2N2O2/c1-9-3-2-4-15(7-9,8-20)19-14(21)10-5-11(16)13(18)12(17)6-10/h5-6,9,20H,2-4,7-8,18H2,1H3,(H,19,21). The number of amides is 1. The molecule has 4 N–H and O–H groups in total. The van der Waals surface area contributed by atoms with E-state index in [0.29, 0.717) is 11.5 Å². The lowest BCUT2D eigenvalue weighted by atomic mass is 9.76. The summed E-state index contributed by atoms with van der Waals surface area (Å²) in [6.07, 6.45) is 3.66. The quantitative estimate of drug-likeness (QED) is 0.744. The summed E-state index contributed by atoms with van der Waals surface area (Å²) >= 11 is 11.9. The topological polar surface area (TPSA) is 75.3 Å². The molecule has 4 nitrogen and oxygen atoms in total. The van der Waals surface area contributed by atoms with Gasteiger partial charge in [0.2, 0.25) is 0 Å². The summed E-state index contributed by atoms with van der Waals surface area (Å²) in [4.78, 5) is 12.4. The number of halogens is 2. The molecule has 1 saturated carbocycles. The van der Waals surface area contributed by atoms with Crippen LogP contribution in [0.3, 0.4) is 0 Å². The molecule has 0 aliphatic heterocycles. The van der Waals surface area contributed by atoms with Gasteiger partial charge < -0.3 is 16.2 Å². The number of hydrogen-bond donors (Lipinski definition) is 3. The van der Waals surface area contributed by atoms with E-state index in [1.165, 1.54) is 12.1 Å². The van der Waals surface area contributed by atoms with Gasteiger partial charge in [-0.3, -0.25) is 4.79 Å². The first-order valence-electron chi connectivity index (χ1n) is 7.05. The molecule has 0 spiro atoms. The molecule has 2 atom stereocenters. The van der Waals surface area contributed by atoms with Crippen molar-refractivity contribution in [3.63, 3.8) is 0 Å². The Kier molecular flexibility index (Phi) is 5.02. The van der Waals surface area contributed by atoms with Crippen molar-refractivity contribution in [1.29, 1.82) is 0 Å². The van der Waals surface area contributed by atoms with E-state index in [2.05, 4.69) is 12.2 Å². The highest BCUT2D eigenvalue weighted by Crippen LogP contribution is 2.33. The average Bonchev–Trinajstić information content (AvgIpc) is 2.44. The Morgan fingerprint density at radius 2 is 2.10 bits per heavy atom. The van der Waals surface area contributed by atoms with Crippen LogP contribution < -0.4 is 11.1 Å². The molecule has 1 aromatic carbocycles. The van der Waals surface area contributed by atoms with Crippen molar-refractivity contribution in [2.75, 3.05) is 12.3 Å². The summed E-state index contributed by atoms with van der Waals surface area (Å²) in [5.74, 6) is 0.187. The minimum absolute atomic E-state index is 0.0699. The molecule has 1 fully saturated rings. The summed E-state index contributed by atoms with van der Waals surface area (Å²) in [5.41, 5.74) is 5.72. The molecule has 0 heterocycles. The van der Waals surface area contributed by atoms with E-state index < -0.39 is 5.54 Å². The zero-order valence-electron chi connectivity index (χ0n) is 12.0. The molecule has 1 aromatic rings.